The maximum Gasteiger partial charge on any atom is 0.407 e. The van der Waals surface area contributed by atoms with Crippen LogP contribution in [0.25, 0.3) is 0 Å². The van der Waals surface area contributed by atoms with E-state index in [1.807, 2.05) is 0 Å². The Hall–Kier alpha value is -1.35. The molecule has 0 spiro atoms. The Bertz CT molecular complexity index is 213. The number of nitrogens with zero attached hydrogens (tertiary/aromatic N) is 1. The Morgan fingerprint density at radius 3 is 2.73 bits per heavy atom. The van der Waals surface area contributed by atoms with Crippen molar-refractivity contribution in [1.29, 1.82) is 0 Å². The van der Waals surface area contributed by atoms with Crippen molar-refractivity contribution in [3.05, 3.63) is 0 Å². The fourth-order valence-corrected chi connectivity index (χ4v) is 1.09. The Kier molecular flexibility index (Phi) is 9.76. The highest BCUT2D eigenvalue weighted by Crippen LogP contribution is 1.98. The van der Waals surface area contributed by atoms with Crippen LogP contribution in [-0.4, -0.2) is 31.9 Å². The topological polar surface area (TPSA) is 67.8 Å². The van der Waals surface area contributed by atoms with E-state index in [4.69, 9.17) is 4.74 Å². The van der Waals surface area contributed by atoms with E-state index < -0.39 is 0 Å². The molecule has 5 nitrogen and oxygen atoms in total. The summed E-state index contributed by atoms with van der Waals surface area (Å²) in [5, 5.41) is 2.64. The zero-order valence-corrected chi connectivity index (χ0v) is 9.12. The van der Waals surface area contributed by atoms with Crippen molar-refractivity contribution in [3.63, 3.8) is 0 Å². The first-order valence-corrected chi connectivity index (χ1v) is 5.25. The molecular weight excluding hydrogens is 196 g/mol. The molecule has 0 radical (unpaired) electrons. The molecule has 0 saturated heterocycles. The summed E-state index contributed by atoms with van der Waals surface area (Å²) < 4.78 is 4.69. The second-order valence-corrected chi connectivity index (χ2v) is 3.03. The molecule has 5 heteroatoms. The van der Waals surface area contributed by atoms with Crippen LogP contribution in [0.15, 0.2) is 4.99 Å². The van der Waals surface area contributed by atoms with Crippen molar-refractivity contribution in [2.24, 2.45) is 4.99 Å². The summed E-state index contributed by atoms with van der Waals surface area (Å²) in [5.74, 6) is 0. The van der Waals surface area contributed by atoms with Gasteiger partial charge >= 0.3 is 6.09 Å². The lowest BCUT2D eigenvalue weighted by atomic mass is 10.2. The molecule has 0 aromatic rings. The third-order valence-electron chi connectivity index (χ3n) is 1.81. The number of carbonyl (C=O) groups excluding carboxylic acids is 2. The van der Waals surface area contributed by atoms with Gasteiger partial charge in [0.1, 0.15) is 0 Å². The van der Waals surface area contributed by atoms with Crippen LogP contribution in [0.3, 0.4) is 0 Å². The first kappa shape index (κ1) is 13.7. The summed E-state index contributed by atoms with van der Waals surface area (Å²) in [4.78, 5) is 24.0. The smallest absolute Gasteiger partial charge is 0.407 e. The molecule has 0 aliphatic rings. The van der Waals surface area contributed by atoms with E-state index in [1.54, 1.807) is 6.92 Å². The average molecular weight is 214 g/mol. The minimum atomic E-state index is -0.358. The average Bonchev–Trinajstić information content (AvgIpc) is 2.22. The number of nitrogens with one attached hydrogen (secondary N) is 1. The maximum absolute atomic E-state index is 10.8. The number of hydrogen-bond acceptors (Lipinski definition) is 4. The van der Waals surface area contributed by atoms with Gasteiger partial charge in [0, 0.05) is 6.54 Å². The summed E-state index contributed by atoms with van der Waals surface area (Å²) in [6.45, 7) is 3.35. The van der Waals surface area contributed by atoms with Crippen LogP contribution in [0, 0.1) is 0 Å². The Balaban J connectivity index is 3.10. The van der Waals surface area contributed by atoms with E-state index in [0.29, 0.717) is 19.7 Å². The highest BCUT2D eigenvalue weighted by atomic mass is 16.5. The molecule has 15 heavy (non-hydrogen) atoms. The zero-order valence-electron chi connectivity index (χ0n) is 9.12. The quantitative estimate of drug-likeness (QED) is 0.379. The largest absolute Gasteiger partial charge is 0.450 e. The summed E-state index contributed by atoms with van der Waals surface area (Å²) in [6.07, 6.45) is 4.98. The van der Waals surface area contributed by atoms with Crippen molar-refractivity contribution in [3.8, 4) is 0 Å². The Labute approximate surface area is 89.9 Å². The summed E-state index contributed by atoms with van der Waals surface area (Å²) in [6, 6.07) is 0. The van der Waals surface area contributed by atoms with Crippen LogP contribution in [0.4, 0.5) is 4.79 Å². The number of alkyl carbamates (subject to hydrolysis) is 1. The van der Waals surface area contributed by atoms with Gasteiger partial charge in [-0.3, -0.25) is 0 Å². The lowest BCUT2D eigenvalue weighted by Crippen LogP contribution is -2.25. The molecule has 0 fully saturated rings. The minimum absolute atomic E-state index is 0.358. The lowest BCUT2D eigenvalue weighted by Gasteiger charge is -2.04. The van der Waals surface area contributed by atoms with Crippen molar-refractivity contribution in [1.82, 2.24) is 5.32 Å². The maximum atomic E-state index is 10.8. The minimum Gasteiger partial charge on any atom is -0.450 e. The molecule has 0 bridgehead atoms. The predicted molar refractivity (Wildman–Crippen MR) is 56.5 cm³/mol. The molecule has 0 heterocycles. The number of ether oxygens (including phenoxy) is 1. The Morgan fingerprint density at radius 1 is 1.33 bits per heavy atom. The number of amides is 1. The van der Waals surface area contributed by atoms with Crippen molar-refractivity contribution in [2.75, 3.05) is 19.7 Å². The van der Waals surface area contributed by atoms with Gasteiger partial charge in [0.05, 0.1) is 13.2 Å². The second-order valence-electron chi connectivity index (χ2n) is 3.03. The van der Waals surface area contributed by atoms with Crippen LogP contribution < -0.4 is 5.32 Å². The number of carbonyl (C=O) groups is 1. The van der Waals surface area contributed by atoms with Gasteiger partial charge < -0.3 is 10.1 Å². The third-order valence-corrected chi connectivity index (χ3v) is 1.81. The standard InChI is InChI=1S/C10H18N2O3/c1-2-15-10(14)12-8-6-4-3-5-7-11-9-13/h2-8H2,1H3,(H,12,14). The third kappa shape index (κ3) is 10.6. The normalized spacial score (nSPS) is 9.13. The van der Waals surface area contributed by atoms with E-state index in [9.17, 15) is 9.59 Å². The molecule has 0 aliphatic carbocycles. The highest BCUT2D eigenvalue weighted by Gasteiger charge is 1.97. The Morgan fingerprint density at radius 2 is 2.07 bits per heavy atom. The van der Waals surface area contributed by atoms with Crippen molar-refractivity contribution < 1.29 is 14.3 Å². The molecular formula is C10H18N2O3. The molecule has 1 N–H and O–H groups in total. The molecule has 0 rings (SSSR count). The monoisotopic (exact) mass is 214 g/mol. The van der Waals surface area contributed by atoms with E-state index in [-0.39, 0.29) is 6.09 Å². The zero-order chi connectivity index (χ0) is 11.4. The van der Waals surface area contributed by atoms with E-state index in [2.05, 4.69) is 10.3 Å². The van der Waals surface area contributed by atoms with Crippen LogP contribution in [0.2, 0.25) is 0 Å². The fraction of sp³-hybridized carbons (Fsp3) is 0.800. The molecule has 1 amide bonds. The molecule has 0 unspecified atom stereocenters. The first-order valence-electron chi connectivity index (χ1n) is 5.25. The van der Waals surface area contributed by atoms with E-state index in [1.165, 1.54) is 6.08 Å². The van der Waals surface area contributed by atoms with Gasteiger partial charge in [0.2, 0.25) is 6.08 Å². The van der Waals surface area contributed by atoms with Gasteiger partial charge in [0.15, 0.2) is 0 Å². The van der Waals surface area contributed by atoms with Crippen LogP contribution >= 0.6 is 0 Å². The van der Waals surface area contributed by atoms with Crippen molar-refractivity contribution in [2.45, 2.75) is 32.6 Å². The molecule has 0 aromatic heterocycles. The summed E-state index contributed by atoms with van der Waals surface area (Å²) in [7, 11) is 0. The number of aliphatic imine (C=N–C) groups is 1. The van der Waals surface area contributed by atoms with Gasteiger partial charge in [-0.05, 0) is 19.8 Å². The van der Waals surface area contributed by atoms with Crippen LogP contribution in [-0.2, 0) is 9.53 Å². The SMILES string of the molecule is CCOC(=O)NCCCCCCN=C=O. The molecule has 0 aliphatic heterocycles. The molecule has 86 valence electrons. The fourth-order valence-electron chi connectivity index (χ4n) is 1.09. The van der Waals surface area contributed by atoms with Gasteiger partial charge in [0.25, 0.3) is 0 Å². The predicted octanol–water partition coefficient (Wildman–Crippen LogP) is 1.63. The van der Waals surface area contributed by atoms with Gasteiger partial charge in [-0.25, -0.2) is 14.6 Å². The van der Waals surface area contributed by atoms with E-state index in [0.717, 1.165) is 25.7 Å². The first-order chi connectivity index (χ1) is 7.31. The molecule has 0 atom stereocenters. The van der Waals surface area contributed by atoms with Gasteiger partial charge in [-0.2, -0.15) is 0 Å². The lowest BCUT2D eigenvalue weighted by molar-refractivity contribution is 0.152. The van der Waals surface area contributed by atoms with Crippen molar-refractivity contribution >= 4 is 12.2 Å². The number of rotatable bonds is 8. The molecule has 0 aromatic carbocycles. The highest BCUT2D eigenvalue weighted by molar-refractivity contribution is 5.66. The van der Waals surface area contributed by atoms with Gasteiger partial charge in [-0.15, -0.1) is 0 Å². The number of unbranched alkanes of at least 4 members (excludes halogenated alkanes) is 3. The van der Waals surface area contributed by atoms with E-state index >= 15 is 0 Å². The number of hydrogen-bond donors (Lipinski definition) is 1. The number of isocyanates is 1. The van der Waals surface area contributed by atoms with Crippen LogP contribution in [0.5, 0.6) is 0 Å². The van der Waals surface area contributed by atoms with Crippen LogP contribution in [0.1, 0.15) is 32.6 Å². The summed E-state index contributed by atoms with van der Waals surface area (Å²) in [5.41, 5.74) is 0. The summed E-state index contributed by atoms with van der Waals surface area (Å²) >= 11 is 0. The van der Waals surface area contributed by atoms with Gasteiger partial charge in [-0.1, -0.05) is 12.8 Å². The molecule has 0 saturated carbocycles. The second kappa shape index (κ2) is 10.7.